The molecule has 2 nitrogen and oxygen atoms in total. The van der Waals surface area contributed by atoms with Crippen LogP contribution in [0.1, 0.15) is 13.3 Å². The van der Waals surface area contributed by atoms with Crippen LogP contribution in [0.25, 0.3) is 0 Å². The zero-order valence-corrected chi connectivity index (χ0v) is 6.85. The summed E-state index contributed by atoms with van der Waals surface area (Å²) in [7, 11) is 0. The van der Waals surface area contributed by atoms with E-state index in [1.807, 2.05) is 0 Å². The van der Waals surface area contributed by atoms with E-state index in [1.54, 1.807) is 6.92 Å². The van der Waals surface area contributed by atoms with Gasteiger partial charge in [-0.15, -0.1) is 6.61 Å². The van der Waals surface area contributed by atoms with Crippen LogP contribution >= 0.6 is 0 Å². The van der Waals surface area contributed by atoms with Crippen LogP contribution in [-0.4, -0.2) is 17.8 Å². The maximum Gasteiger partial charge on any atom is 1.00 e. The summed E-state index contributed by atoms with van der Waals surface area (Å²) in [5.74, 6) is 0. The van der Waals surface area contributed by atoms with Crippen LogP contribution < -0.4 is 34.7 Å². The number of rotatable bonds is 2. The molecule has 0 rings (SSSR count). The average molecular weight is 112 g/mol. The van der Waals surface area contributed by atoms with Gasteiger partial charge < -0.3 is 10.2 Å². The average Bonchev–Trinajstić information content (AvgIpc) is 1.35. The molecule has 3 heteroatoms. The Bertz CT molecular complexity index is 30.9. The van der Waals surface area contributed by atoms with E-state index >= 15 is 0 Å². The van der Waals surface area contributed by atoms with Crippen molar-refractivity contribution in [3.05, 3.63) is 0 Å². The molecule has 1 atom stereocenters. The molecule has 0 saturated carbocycles. The molecule has 1 N–H and O–H groups in total. The van der Waals surface area contributed by atoms with Crippen LogP contribution in [-0.2, 0) is 0 Å². The van der Waals surface area contributed by atoms with Crippen LogP contribution in [0, 0.1) is 0 Å². The Labute approximate surface area is 65.8 Å². The van der Waals surface area contributed by atoms with E-state index in [1.165, 1.54) is 0 Å². The van der Waals surface area contributed by atoms with Crippen molar-refractivity contribution >= 4 is 0 Å². The monoisotopic (exact) mass is 112 g/mol. The van der Waals surface area contributed by atoms with Crippen LogP contribution in [0.15, 0.2) is 0 Å². The van der Waals surface area contributed by atoms with E-state index in [2.05, 4.69) is 0 Å². The summed E-state index contributed by atoms with van der Waals surface area (Å²) in [6.45, 7) is 1.44. The molecule has 0 bridgehead atoms. The Morgan fingerprint density at radius 1 is 1.71 bits per heavy atom. The van der Waals surface area contributed by atoms with Gasteiger partial charge in [-0.3, -0.25) is 0 Å². The zero-order chi connectivity index (χ0) is 4.99. The van der Waals surface area contributed by atoms with Gasteiger partial charge in [-0.2, -0.15) is 0 Å². The second kappa shape index (κ2) is 6.92. The fourth-order valence-corrected chi connectivity index (χ4v) is 0.171. The normalized spacial score (nSPS) is 12.4. The van der Waals surface area contributed by atoms with Crippen LogP contribution in [0.5, 0.6) is 0 Å². The first-order chi connectivity index (χ1) is 2.77. The molecule has 0 aliphatic carbocycles. The maximum absolute atomic E-state index is 9.58. The van der Waals surface area contributed by atoms with Gasteiger partial charge in [-0.1, -0.05) is 0 Å². The largest absolute Gasteiger partial charge is 1.00 e. The topological polar surface area (TPSA) is 43.3 Å². The third-order valence-corrected chi connectivity index (χ3v) is 0.536. The SMILES string of the molecule is CC(O)CC[O-].[Na+]. The summed E-state index contributed by atoms with van der Waals surface area (Å²) in [6.07, 6.45) is -0.0394. The Hall–Kier alpha value is 0.920. The molecule has 0 aromatic heterocycles. The molecule has 0 aliphatic rings. The third-order valence-electron chi connectivity index (χ3n) is 0.536. The molecule has 0 spiro atoms. The fraction of sp³-hybridized carbons (Fsp3) is 1.00. The van der Waals surface area contributed by atoms with Crippen molar-refractivity contribution in [1.29, 1.82) is 0 Å². The van der Waals surface area contributed by atoms with Crippen molar-refractivity contribution in [1.82, 2.24) is 0 Å². The van der Waals surface area contributed by atoms with Crippen molar-refractivity contribution in [3.63, 3.8) is 0 Å². The van der Waals surface area contributed by atoms with Gasteiger partial charge in [-0.05, 0) is 13.3 Å². The summed E-state index contributed by atoms with van der Waals surface area (Å²) in [4.78, 5) is 0. The standard InChI is InChI=1S/C4H9O2.Na/c1-4(6)2-3-5;/h4,6H,2-3H2,1H3;/q-1;+1. The van der Waals surface area contributed by atoms with Crippen molar-refractivity contribution in [2.75, 3.05) is 6.61 Å². The van der Waals surface area contributed by atoms with Crippen LogP contribution in [0.3, 0.4) is 0 Å². The van der Waals surface area contributed by atoms with E-state index in [-0.39, 0.29) is 36.2 Å². The molecule has 0 amide bonds. The minimum atomic E-state index is -0.414. The van der Waals surface area contributed by atoms with Crippen molar-refractivity contribution in [2.24, 2.45) is 0 Å². The zero-order valence-electron chi connectivity index (χ0n) is 4.85. The molecule has 0 aromatic rings. The summed E-state index contributed by atoms with van der Waals surface area (Å²) < 4.78 is 0. The Kier molecular flexibility index (Phi) is 10.7. The van der Waals surface area contributed by atoms with E-state index in [4.69, 9.17) is 5.11 Å². The van der Waals surface area contributed by atoms with Crippen molar-refractivity contribution in [2.45, 2.75) is 19.4 Å². The summed E-state index contributed by atoms with van der Waals surface area (Å²) in [5, 5.41) is 17.9. The van der Waals surface area contributed by atoms with Gasteiger partial charge in [0.2, 0.25) is 0 Å². The molecule has 0 fully saturated rings. The van der Waals surface area contributed by atoms with Crippen molar-refractivity contribution < 1.29 is 39.8 Å². The Morgan fingerprint density at radius 3 is 2.14 bits per heavy atom. The number of hydrogen-bond donors (Lipinski definition) is 1. The quantitative estimate of drug-likeness (QED) is 0.371. The molecule has 0 saturated heterocycles. The molecule has 0 heterocycles. The summed E-state index contributed by atoms with van der Waals surface area (Å²) in [6, 6.07) is 0. The summed E-state index contributed by atoms with van der Waals surface area (Å²) >= 11 is 0. The maximum atomic E-state index is 9.58. The van der Waals surface area contributed by atoms with Crippen LogP contribution in [0.4, 0.5) is 0 Å². The van der Waals surface area contributed by atoms with Gasteiger partial charge in [0, 0.05) is 6.10 Å². The van der Waals surface area contributed by atoms with E-state index in [0.717, 1.165) is 0 Å². The van der Waals surface area contributed by atoms with E-state index < -0.39 is 6.10 Å². The molecule has 7 heavy (non-hydrogen) atoms. The second-order valence-electron chi connectivity index (χ2n) is 1.34. The number of aliphatic hydroxyl groups excluding tert-OH is 1. The van der Waals surface area contributed by atoms with Gasteiger partial charge in [0.15, 0.2) is 0 Å². The molecular formula is C4H9NaO2. The first-order valence-corrected chi connectivity index (χ1v) is 2.03. The molecule has 0 radical (unpaired) electrons. The molecule has 38 valence electrons. The first-order valence-electron chi connectivity index (χ1n) is 2.03. The minimum Gasteiger partial charge on any atom is -0.854 e. The molecule has 1 unspecified atom stereocenters. The second-order valence-corrected chi connectivity index (χ2v) is 1.34. The molecule has 0 aliphatic heterocycles. The first kappa shape index (κ1) is 10.8. The Balaban J connectivity index is 0. The van der Waals surface area contributed by atoms with Gasteiger partial charge in [0.05, 0.1) is 0 Å². The smallest absolute Gasteiger partial charge is 0.854 e. The van der Waals surface area contributed by atoms with E-state index in [9.17, 15) is 5.11 Å². The molecular weight excluding hydrogens is 103 g/mol. The fourth-order valence-electron chi connectivity index (χ4n) is 0.171. The van der Waals surface area contributed by atoms with Gasteiger partial charge in [0.1, 0.15) is 0 Å². The minimum absolute atomic E-state index is 0. The number of aliphatic hydroxyl groups is 1. The van der Waals surface area contributed by atoms with Gasteiger partial charge in [0.25, 0.3) is 0 Å². The summed E-state index contributed by atoms with van der Waals surface area (Å²) in [5.41, 5.74) is 0. The van der Waals surface area contributed by atoms with Gasteiger partial charge >= 0.3 is 29.6 Å². The van der Waals surface area contributed by atoms with Crippen molar-refractivity contribution in [3.8, 4) is 0 Å². The predicted molar refractivity (Wildman–Crippen MR) is 21.2 cm³/mol. The van der Waals surface area contributed by atoms with E-state index in [0.29, 0.717) is 6.42 Å². The third kappa shape index (κ3) is 10.9. The Morgan fingerprint density at radius 2 is 2.14 bits per heavy atom. The van der Waals surface area contributed by atoms with Gasteiger partial charge in [-0.25, -0.2) is 0 Å². The van der Waals surface area contributed by atoms with Crippen LogP contribution in [0.2, 0.25) is 0 Å². The predicted octanol–water partition coefficient (Wildman–Crippen LogP) is -3.88. The number of hydrogen-bond acceptors (Lipinski definition) is 2. The molecule has 0 aromatic carbocycles.